The number of nitro groups is 1. The van der Waals surface area contributed by atoms with E-state index in [1.54, 1.807) is 0 Å². The molecule has 1 rings (SSSR count). The third-order valence-corrected chi connectivity index (χ3v) is 3.04. The van der Waals surface area contributed by atoms with Gasteiger partial charge in [0.05, 0.1) is 10.5 Å². The van der Waals surface area contributed by atoms with Crippen LogP contribution in [0, 0.1) is 10.1 Å². The van der Waals surface area contributed by atoms with Crippen LogP contribution in [-0.2, 0) is 9.84 Å². The van der Waals surface area contributed by atoms with Gasteiger partial charge in [0, 0.05) is 17.9 Å². The highest BCUT2D eigenvalue weighted by Gasteiger charge is 2.24. The standard InChI is InChI=1S/C9H8FNO5S/c1-17(15,16)9(10)6-2-3-8(11(13)14)7(4-6)5-12/h2-5,9H,1H3. The average molecular weight is 261 g/mol. The molecule has 0 spiro atoms. The third kappa shape index (κ3) is 2.84. The van der Waals surface area contributed by atoms with E-state index in [0.29, 0.717) is 6.26 Å². The zero-order valence-corrected chi connectivity index (χ0v) is 9.48. The number of benzene rings is 1. The molecule has 0 saturated carbocycles. The highest BCUT2D eigenvalue weighted by molar-refractivity contribution is 7.90. The minimum atomic E-state index is -3.97. The summed E-state index contributed by atoms with van der Waals surface area (Å²) < 4.78 is 35.3. The maximum absolute atomic E-state index is 13.4. The first-order valence-electron chi connectivity index (χ1n) is 4.34. The number of carbonyl (C=O) groups excluding carboxylic acids is 1. The number of halogens is 1. The van der Waals surface area contributed by atoms with E-state index < -0.39 is 26.0 Å². The SMILES string of the molecule is CS(=O)(=O)C(F)c1ccc([N+](=O)[O-])c(C=O)c1. The lowest BCUT2D eigenvalue weighted by molar-refractivity contribution is -0.385. The fourth-order valence-electron chi connectivity index (χ4n) is 1.22. The molecule has 1 aromatic carbocycles. The number of alkyl halides is 1. The largest absolute Gasteiger partial charge is 0.298 e. The van der Waals surface area contributed by atoms with E-state index in [4.69, 9.17) is 0 Å². The number of rotatable bonds is 4. The van der Waals surface area contributed by atoms with Crippen molar-refractivity contribution in [1.82, 2.24) is 0 Å². The Bertz CT molecular complexity index is 569. The van der Waals surface area contributed by atoms with Crippen LogP contribution in [0.1, 0.15) is 21.4 Å². The molecule has 1 unspecified atom stereocenters. The second-order valence-corrected chi connectivity index (χ2v) is 5.41. The van der Waals surface area contributed by atoms with Gasteiger partial charge in [-0.05, 0) is 12.1 Å². The second-order valence-electron chi connectivity index (χ2n) is 3.34. The van der Waals surface area contributed by atoms with Gasteiger partial charge in [0.25, 0.3) is 5.69 Å². The summed E-state index contributed by atoms with van der Waals surface area (Å²) in [5, 5.41) is 10.5. The third-order valence-electron chi connectivity index (χ3n) is 2.01. The van der Waals surface area contributed by atoms with Crippen LogP contribution in [0.25, 0.3) is 0 Å². The molecule has 0 amide bonds. The van der Waals surface area contributed by atoms with Crippen LogP contribution in [0.15, 0.2) is 18.2 Å². The molecule has 0 radical (unpaired) electrons. The molecule has 0 aromatic heterocycles. The molecule has 0 bridgehead atoms. The summed E-state index contributed by atoms with van der Waals surface area (Å²) in [4.78, 5) is 20.3. The van der Waals surface area contributed by atoms with Gasteiger partial charge in [-0.25, -0.2) is 12.8 Å². The molecule has 17 heavy (non-hydrogen) atoms. The van der Waals surface area contributed by atoms with E-state index in [1.165, 1.54) is 0 Å². The number of hydrogen-bond acceptors (Lipinski definition) is 5. The Morgan fingerprint density at radius 1 is 1.47 bits per heavy atom. The number of carbonyl (C=O) groups is 1. The van der Waals surface area contributed by atoms with Gasteiger partial charge in [-0.1, -0.05) is 0 Å². The van der Waals surface area contributed by atoms with Crippen molar-refractivity contribution in [2.24, 2.45) is 0 Å². The number of nitrogens with zero attached hydrogens (tertiary/aromatic N) is 1. The lowest BCUT2D eigenvalue weighted by atomic mass is 10.1. The van der Waals surface area contributed by atoms with E-state index in [-0.39, 0.29) is 17.4 Å². The van der Waals surface area contributed by atoms with Gasteiger partial charge in [0.1, 0.15) is 0 Å². The first kappa shape index (κ1) is 13.2. The van der Waals surface area contributed by atoms with Crippen molar-refractivity contribution in [2.45, 2.75) is 5.50 Å². The highest BCUT2D eigenvalue weighted by Crippen LogP contribution is 2.27. The molecule has 1 aromatic rings. The normalized spacial score (nSPS) is 13.1. The van der Waals surface area contributed by atoms with Crippen molar-refractivity contribution in [3.8, 4) is 0 Å². The summed E-state index contributed by atoms with van der Waals surface area (Å²) in [5.74, 6) is 0. The molecule has 0 aliphatic carbocycles. The van der Waals surface area contributed by atoms with Crippen molar-refractivity contribution in [2.75, 3.05) is 6.26 Å². The summed E-state index contributed by atoms with van der Waals surface area (Å²) in [7, 11) is -3.97. The summed E-state index contributed by atoms with van der Waals surface area (Å²) in [6.45, 7) is 0. The van der Waals surface area contributed by atoms with E-state index >= 15 is 0 Å². The van der Waals surface area contributed by atoms with Gasteiger partial charge >= 0.3 is 0 Å². The Morgan fingerprint density at radius 2 is 2.06 bits per heavy atom. The van der Waals surface area contributed by atoms with Crippen LogP contribution in [0.3, 0.4) is 0 Å². The Morgan fingerprint density at radius 3 is 2.47 bits per heavy atom. The Labute approximate surface area is 96.1 Å². The number of aldehydes is 1. The molecule has 0 fully saturated rings. The Hall–Kier alpha value is -1.83. The van der Waals surface area contributed by atoms with Crippen molar-refractivity contribution in [3.63, 3.8) is 0 Å². The predicted octanol–water partition coefficient (Wildman–Crippen LogP) is 1.42. The molecule has 6 nitrogen and oxygen atoms in total. The molecule has 8 heteroatoms. The molecule has 0 aliphatic heterocycles. The number of nitro benzene ring substituents is 1. The van der Waals surface area contributed by atoms with Crippen LogP contribution in [0.5, 0.6) is 0 Å². The quantitative estimate of drug-likeness (QED) is 0.464. The van der Waals surface area contributed by atoms with Gasteiger partial charge in [-0.15, -0.1) is 0 Å². The molecule has 0 saturated heterocycles. The van der Waals surface area contributed by atoms with Crippen LogP contribution < -0.4 is 0 Å². The van der Waals surface area contributed by atoms with Gasteiger partial charge < -0.3 is 0 Å². The summed E-state index contributed by atoms with van der Waals surface area (Å²) in [6, 6.07) is 2.73. The second kappa shape index (κ2) is 4.58. The maximum atomic E-state index is 13.4. The molecular formula is C9H8FNO5S. The number of sulfone groups is 1. The molecule has 0 heterocycles. The lowest BCUT2D eigenvalue weighted by Gasteiger charge is -2.06. The molecule has 1 atom stereocenters. The van der Waals surface area contributed by atoms with Gasteiger partial charge in [-0.3, -0.25) is 14.9 Å². The Kier molecular flexibility index (Phi) is 3.56. The van der Waals surface area contributed by atoms with Crippen molar-refractivity contribution in [1.29, 1.82) is 0 Å². The first-order valence-corrected chi connectivity index (χ1v) is 6.29. The molecule has 92 valence electrons. The van der Waals surface area contributed by atoms with Crippen molar-refractivity contribution in [3.05, 3.63) is 39.4 Å². The zero-order chi connectivity index (χ0) is 13.2. The summed E-state index contributed by atoms with van der Waals surface area (Å²) >= 11 is 0. The lowest BCUT2D eigenvalue weighted by Crippen LogP contribution is -2.07. The number of hydrogen-bond donors (Lipinski definition) is 0. The van der Waals surface area contributed by atoms with Crippen molar-refractivity contribution < 1.29 is 22.5 Å². The fourth-order valence-corrected chi connectivity index (χ4v) is 1.86. The molecule has 0 N–H and O–H groups in total. The van der Waals surface area contributed by atoms with Crippen LogP contribution in [0.4, 0.5) is 10.1 Å². The smallest absolute Gasteiger partial charge is 0.279 e. The topological polar surface area (TPSA) is 94.3 Å². The van der Waals surface area contributed by atoms with E-state index in [9.17, 15) is 27.7 Å². The maximum Gasteiger partial charge on any atom is 0.279 e. The minimum Gasteiger partial charge on any atom is -0.298 e. The minimum absolute atomic E-state index is 0.177. The predicted molar refractivity (Wildman–Crippen MR) is 57.2 cm³/mol. The monoisotopic (exact) mass is 261 g/mol. The van der Waals surface area contributed by atoms with E-state index in [0.717, 1.165) is 18.2 Å². The molecular weight excluding hydrogens is 253 g/mol. The van der Waals surface area contributed by atoms with Crippen LogP contribution in [-0.4, -0.2) is 25.9 Å². The first-order chi connectivity index (χ1) is 7.77. The van der Waals surface area contributed by atoms with E-state index in [2.05, 4.69) is 0 Å². The van der Waals surface area contributed by atoms with E-state index in [1.807, 2.05) is 0 Å². The van der Waals surface area contributed by atoms with Gasteiger partial charge in [0.15, 0.2) is 16.1 Å². The summed E-state index contributed by atoms with van der Waals surface area (Å²) in [6.07, 6.45) is 0.871. The fraction of sp³-hybridized carbons (Fsp3) is 0.222. The van der Waals surface area contributed by atoms with Gasteiger partial charge in [-0.2, -0.15) is 0 Å². The Balaban J connectivity index is 3.32. The highest BCUT2D eigenvalue weighted by atomic mass is 32.2. The molecule has 0 aliphatic rings. The van der Waals surface area contributed by atoms with Gasteiger partial charge in [0.2, 0.25) is 5.50 Å². The average Bonchev–Trinajstić information content (AvgIpc) is 2.25. The van der Waals surface area contributed by atoms with Crippen LogP contribution in [0.2, 0.25) is 0 Å². The van der Waals surface area contributed by atoms with Crippen molar-refractivity contribution >= 4 is 21.8 Å². The van der Waals surface area contributed by atoms with Crippen LogP contribution >= 0.6 is 0 Å². The zero-order valence-electron chi connectivity index (χ0n) is 8.66. The summed E-state index contributed by atoms with van der Waals surface area (Å²) in [5.41, 5.74) is -3.47.